The van der Waals surface area contributed by atoms with E-state index < -0.39 is 12.0 Å². The highest BCUT2D eigenvalue weighted by molar-refractivity contribution is 5.85. The third kappa shape index (κ3) is 18.9. The Morgan fingerprint density at radius 1 is 0.755 bits per heavy atom. The van der Waals surface area contributed by atoms with E-state index in [1.807, 2.05) is 34.9 Å². The highest BCUT2D eigenvalue weighted by Crippen LogP contribution is 2.21. The highest BCUT2D eigenvalue weighted by atomic mass is 16.6. The summed E-state index contributed by atoms with van der Waals surface area (Å²) in [7, 11) is 0. The van der Waals surface area contributed by atoms with Crippen molar-refractivity contribution in [2.24, 2.45) is 5.11 Å². The molecule has 0 bridgehead atoms. The molecule has 2 rings (SSSR count). The lowest BCUT2D eigenvalue weighted by atomic mass is 10.2. The van der Waals surface area contributed by atoms with Crippen LogP contribution in [0.15, 0.2) is 35.4 Å². The van der Waals surface area contributed by atoms with Crippen molar-refractivity contribution in [3.05, 3.63) is 36.0 Å². The van der Waals surface area contributed by atoms with Crippen LogP contribution in [0.1, 0.15) is 25.5 Å². The quantitative estimate of drug-likeness (QED) is 0.0570. The highest BCUT2D eigenvalue weighted by Gasteiger charge is 2.13. The molecule has 3 amide bonds. The number of carboxylic acid groups (broad SMARTS) is 1. The number of aryl methyl sites for hydroxylation is 1. The van der Waals surface area contributed by atoms with Crippen LogP contribution in [0.25, 0.3) is 10.9 Å². The van der Waals surface area contributed by atoms with Crippen LogP contribution in [0.3, 0.4) is 0 Å². The Morgan fingerprint density at radius 3 is 1.88 bits per heavy atom. The van der Waals surface area contributed by atoms with Crippen molar-refractivity contribution < 1.29 is 52.7 Å². The van der Waals surface area contributed by atoms with Crippen LogP contribution >= 0.6 is 0 Å². The van der Waals surface area contributed by atoms with Gasteiger partial charge in [0.2, 0.25) is 17.7 Å². The molecular formula is C32H50N6O11. The lowest BCUT2D eigenvalue weighted by Gasteiger charge is -2.10. The van der Waals surface area contributed by atoms with E-state index in [4.69, 9.17) is 39.1 Å². The van der Waals surface area contributed by atoms with Gasteiger partial charge in [-0.05, 0) is 24.4 Å². The summed E-state index contributed by atoms with van der Waals surface area (Å²) in [5.41, 5.74) is 9.02. The zero-order valence-electron chi connectivity index (χ0n) is 28.1. The number of carbonyl (C=O) groups is 4. The average molecular weight is 695 g/mol. The smallest absolute Gasteiger partial charge is 0.325 e. The molecule has 0 aliphatic carbocycles. The van der Waals surface area contributed by atoms with Gasteiger partial charge in [-0.2, -0.15) is 5.11 Å². The first-order valence-electron chi connectivity index (χ1n) is 16.2. The minimum absolute atomic E-state index is 0.0787. The summed E-state index contributed by atoms with van der Waals surface area (Å²) in [5.74, 6) is -2.02. The van der Waals surface area contributed by atoms with Crippen molar-refractivity contribution >= 4 is 34.6 Å². The van der Waals surface area contributed by atoms with Crippen molar-refractivity contribution in [2.45, 2.75) is 38.9 Å². The number of hydrogen-bond acceptors (Lipinski definition) is 12. The molecule has 1 heterocycles. The first-order valence-corrected chi connectivity index (χ1v) is 16.2. The fourth-order valence-electron chi connectivity index (χ4n) is 4.29. The summed E-state index contributed by atoms with van der Waals surface area (Å²) in [5, 5.41) is 20.9. The Morgan fingerprint density at radius 2 is 1.31 bits per heavy atom. The van der Waals surface area contributed by atoms with Crippen LogP contribution in [0, 0.1) is 5.53 Å². The molecule has 0 radical (unpaired) electrons. The maximum atomic E-state index is 12.3. The topological polar surface area (TPSA) is 221 Å². The van der Waals surface area contributed by atoms with E-state index >= 15 is 0 Å². The SMILES string of the molecule is C[C@H](NC(=O)CCOCCOCCOCCOCCOCCOCCNC(=O)CNC(=O)CCn1c(CN=N)cc2ccccc21)C(=O)O. The number of rotatable bonds is 30. The molecule has 1 aromatic heterocycles. The summed E-state index contributed by atoms with van der Waals surface area (Å²) in [6.07, 6.45) is 0.272. The number of carbonyl (C=O) groups excluding carboxylic acids is 3. The number of carboxylic acids is 1. The van der Waals surface area contributed by atoms with Gasteiger partial charge in [-0.15, -0.1) is 0 Å². The summed E-state index contributed by atoms with van der Waals surface area (Å²) in [6, 6.07) is 8.83. The van der Waals surface area contributed by atoms with Gasteiger partial charge in [0.25, 0.3) is 0 Å². The van der Waals surface area contributed by atoms with Crippen molar-refractivity contribution in [1.82, 2.24) is 20.5 Å². The zero-order chi connectivity index (χ0) is 35.5. The largest absolute Gasteiger partial charge is 0.480 e. The zero-order valence-corrected chi connectivity index (χ0v) is 28.1. The fraction of sp³-hybridized carbons (Fsp3) is 0.625. The molecular weight excluding hydrogens is 644 g/mol. The number of ether oxygens (including phenoxy) is 6. The van der Waals surface area contributed by atoms with Gasteiger partial charge < -0.3 is 54.0 Å². The fourth-order valence-corrected chi connectivity index (χ4v) is 4.29. The molecule has 1 atom stereocenters. The van der Waals surface area contributed by atoms with E-state index in [0.717, 1.165) is 16.6 Å². The number of benzene rings is 1. The maximum Gasteiger partial charge on any atom is 0.325 e. The van der Waals surface area contributed by atoms with E-state index in [0.29, 0.717) is 85.8 Å². The second kappa shape index (κ2) is 25.9. The summed E-state index contributed by atoms with van der Waals surface area (Å²) in [6.45, 7) is 6.60. The average Bonchev–Trinajstić information content (AvgIpc) is 3.43. The lowest BCUT2D eigenvalue weighted by Crippen LogP contribution is -2.38. The van der Waals surface area contributed by atoms with Gasteiger partial charge in [0.05, 0.1) is 92.4 Å². The predicted molar refractivity (Wildman–Crippen MR) is 176 cm³/mol. The van der Waals surface area contributed by atoms with Crippen molar-refractivity contribution in [3.8, 4) is 0 Å². The number of fused-ring (bicyclic) bond motifs is 1. The standard InChI is InChI=1S/C32H50N6O11/c1-25(32(42)43)37-30(40)7-10-44-12-14-46-16-18-48-20-21-49-19-17-47-15-13-45-11-8-34-31(41)24-35-29(39)6-9-38-27(23-36-33)22-26-4-2-3-5-28(26)38/h2-5,22,25,33H,6-21,23-24H2,1H3,(H,34,41)(H,35,39)(H,37,40)(H,42,43)/t25-/m0/s1. The van der Waals surface area contributed by atoms with Crippen LogP contribution in [-0.2, 0) is 60.7 Å². The Balaban J connectivity index is 1.31. The van der Waals surface area contributed by atoms with Crippen LogP contribution in [0.4, 0.5) is 0 Å². The van der Waals surface area contributed by atoms with Crippen LogP contribution in [0.5, 0.6) is 0 Å². The molecule has 5 N–H and O–H groups in total. The van der Waals surface area contributed by atoms with E-state index in [1.54, 1.807) is 0 Å². The van der Waals surface area contributed by atoms with Gasteiger partial charge in [0.15, 0.2) is 0 Å². The number of para-hydroxylation sites is 1. The van der Waals surface area contributed by atoms with Crippen molar-refractivity contribution in [2.75, 3.05) is 92.4 Å². The molecule has 49 heavy (non-hydrogen) atoms. The third-order valence-electron chi connectivity index (χ3n) is 6.80. The first-order chi connectivity index (χ1) is 23.8. The van der Waals surface area contributed by atoms with E-state index in [9.17, 15) is 19.2 Å². The molecule has 1 aromatic carbocycles. The molecule has 0 saturated heterocycles. The number of nitrogens with one attached hydrogen (secondary N) is 4. The van der Waals surface area contributed by atoms with Gasteiger partial charge >= 0.3 is 5.97 Å². The minimum Gasteiger partial charge on any atom is -0.480 e. The Hall–Kier alpha value is -4.00. The van der Waals surface area contributed by atoms with E-state index in [1.165, 1.54) is 6.92 Å². The van der Waals surface area contributed by atoms with Gasteiger partial charge in [0, 0.05) is 37.1 Å². The number of aromatic nitrogens is 1. The monoisotopic (exact) mass is 694 g/mol. The van der Waals surface area contributed by atoms with Crippen LogP contribution in [0.2, 0.25) is 0 Å². The molecule has 0 saturated carbocycles. The molecule has 274 valence electrons. The molecule has 0 aliphatic heterocycles. The van der Waals surface area contributed by atoms with Gasteiger partial charge in [-0.25, -0.2) is 5.53 Å². The maximum absolute atomic E-state index is 12.3. The molecule has 0 aliphatic rings. The lowest BCUT2D eigenvalue weighted by molar-refractivity contribution is -0.141. The third-order valence-corrected chi connectivity index (χ3v) is 6.80. The summed E-state index contributed by atoms with van der Waals surface area (Å²) < 4.78 is 34.3. The Bertz CT molecular complexity index is 1280. The second-order valence-corrected chi connectivity index (χ2v) is 10.6. The van der Waals surface area contributed by atoms with Crippen molar-refractivity contribution in [3.63, 3.8) is 0 Å². The van der Waals surface area contributed by atoms with Crippen LogP contribution < -0.4 is 16.0 Å². The van der Waals surface area contributed by atoms with E-state index in [-0.39, 0.29) is 50.3 Å². The van der Waals surface area contributed by atoms with Gasteiger partial charge in [0.1, 0.15) is 6.04 Å². The molecule has 2 aromatic rings. The van der Waals surface area contributed by atoms with Crippen molar-refractivity contribution in [1.29, 1.82) is 5.53 Å². The summed E-state index contributed by atoms with van der Waals surface area (Å²) in [4.78, 5) is 46.5. The number of amides is 3. The minimum atomic E-state index is -1.09. The second-order valence-electron chi connectivity index (χ2n) is 10.6. The molecule has 0 fully saturated rings. The molecule has 0 spiro atoms. The normalized spacial score (nSPS) is 11.7. The molecule has 0 unspecified atom stereocenters. The van der Waals surface area contributed by atoms with Crippen LogP contribution in [-0.4, -0.2) is 132 Å². The molecule has 17 heteroatoms. The predicted octanol–water partition coefficient (Wildman–Crippen LogP) is 0.874. The number of aliphatic carboxylic acids is 1. The number of hydrogen-bond donors (Lipinski definition) is 5. The Kier molecular flexibility index (Phi) is 21.8. The summed E-state index contributed by atoms with van der Waals surface area (Å²) >= 11 is 0. The number of nitrogens with zero attached hydrogens (tertiary/aromatic N) is 2. The first kappa shape index (κ1) is 41.2. The molecule has 17 nitrogen and oxygen atoms in total. The van der Waals surface area contributed by atoms with E-state index in [2.05, 4.69) is 21.1 Å². The van der Waals surface area contributed by atoms with Gasteiger partial charge in [-0.1, -0.05) is 18.2 Å². The van der Waals surface area contributed by atoms with Gasteiger partial charge in [-0.3, -0.25) is 19.2 Å². The Labute approximate surface area is 285 Å².